The van der Waals surface area contributed by atoms with E-state index in [-0.39, 0.29) is 12.7 Å². The van der Waals surface area contributed by atoms with Crippen LogP contribution in [0.25, 0.3) is 0 Å². The molecule has 0 saturated carbocycles. The fourth-order valence-electron chi connectivity index (χ4n) is 2.46. The van der Waals surface area contributed by atoms with Gasteiger partial charge < -0.3 is 9.84 Å². The lowest BCUT2D eigenvalue weighted by atomic mass is 10.1. The van der Waals surface area contributed by atoms with Crippen molar-refractivity contribution >= 4 is 10.0 Å². The Labute approximate surface area is 126 Å². The lowest BCUT2D eigenvalue weighted by Crippen LogP contribution is -2.34. The number of nitrogens with zero attached hydrogens (tertiary/aromatic N) is 1. The Morgan fingerprint density at radius 2 is 2.05 bits per heavy atom. The zero-order valence-electron chi connectivity index (χ0n) is 12.4. The van der Waals surface area contributed by atoms with Gasteiger partial charge in [0.1, 0.15) is 0 Å². The highest BCUT2D eigenvalue weighted by Crippen LogP contribution is 2.19. The Kier molecular flexibility index (Phi) is 5.75. The standard InChI is InChI=1S/C15H23NO4S/c1-16(12-14-5-3-11-20-14)21(18,19)15-8-6-13(7-9-15)4-2-10-17/h6-9,14,17H,2-5,10-12H2,1H3. The Hall–Kier alpha value is -0.950. The molecule has 21 heavy (non-hydrogen) atoms. The molecule has 1 atom stereocenters. The van der Waals surface area contributed by atoms with E-state index in [1.807, 2.05) is 12.1 Å². The predicted octanol–water partition coefficient (Wildman–Crippen LogP) is 1.41. The molecule has 1 aliphatic heterocycles. The second-order valence-corrected chi connectivity index (χ2v) is 7.44. The molecule has 1 fully saturated rings. The lowest BCUT2D eigenvalue weighted by Gasteiger charge is -2.20. The Morgan fingerprint density at radius 1 is 1.33 bits per heavy atom. The van der Waals surface area contributed by atoms with Gasteiger partial charge in [0, 0.05) is 26.8 Å². The van der Waals surface area contributed by atoms with Gasteiger partial charge in [-0.15, -0.1) is 0 Å². The van der Waals surface area contributed by atoms with E-state index in [0.29, 0.717) is 17.9 Å². The molecule has 0 radical (unpaired) electrons. The molecule has 6 heteroatoms. The Morgan fingerprint density at radius 3 is 2.62 bits per heavy atom. The number of aliphatic hydroxyl groups is 1. The summed E-state index contributed by atoms with van der Waals surface area (Å²) in [6.45, 7) is 1.26. The summed E-state index contributed by atoms with van der Waals surface area (Å²) in [6.07, 6.45) is 3.36. The largest absolute Gasteiger partial charge is 0.396 e. The molecular weight excluding hydrogens is 290 g/mol. The van der Waals surface area contributed by atoms with Crippen molar-refractivity contribution < 1.29 is 18.3 Å². The quantitative estimate of drug-likeness (QED) is 0.826. The molecule has 1 aromatic carbocycles. The van der Waals surface area contributed by atoms with Crippen molar-refractivity contribution in [2.45, 2.75) is 36.7 Å². The van der Waals surface area contributed by atoms with E-state index in [4.69, 9.17) is 9.84 Å². The molecule has 1 unspecified atom stereocenters. The van der Waals surface area contributed by atoms with Crippen LogP contribution in [0.4, 0.5) is 0 Å². The molecule has 0 bridgehead atoms. The van der Waals surface area contributed by atoms with E-state index in [9.17, 15) is 8.42 Å². The maximum absolute atomic E-state index is 12.5. The predicted molar refractivity (Wildman–Crippen MR) is 80.6 cm³/mol. The summed E-state index contributed by atoms with van der Waals surface area (Å²) in [5.74, 6) is 0. The topological polar surface area (TPSA) is 66.8 Å². The molecular formula is C15H23NO4S. The number of hydrogen-bond donors (Lipinski definition) is 1. The fraction of sp³-hybridized carbons (Fsp3) is 0.600. The van der Waals surface area contributed by atoms with Gasteiger partial charge in [0.05, 0.1) is 11.0 Å². The zero-order chi connectivity index (χ0) is 15.3. The van der Waals surface area contributed by atoms with Crippen LogP contribution in [0, 0.1) is 0 Å². The first-order valence-electron chi connectivity index (χ1n) is 7.32. The number of hydrogen-bond acceptors (Lipinski definition) is 4. The number of aliphatic hydroxyl groups excluding tert-OH is 1. The normalized spacial score (nSPS) is 19.3. The first-order valence-corrected chi connectivity index (χ1v) is 8.76. The van der Waals surface area contributed by atoms with Crippen molar-refractivity contribution in [1.82, 2.24) is 4.31 Å². The van der Waals surface area contributed by atoms with Gasteiger partial charge >= 0.3 is 0 Å². The molecule has 2 rings (SSSR count). The van der Waals surface area contributed by atoms with Gasteiger partial charge in [0.2, 0.25) is 10.0 Å². The number of likely N-dealkylation sites (N-methyl/N-ethyl adjacent to an activating group) is 1. The van der Waals surface area contributed by atoms with Gasteiger partial charge in [0.15, 0.2) is 0 Å². The molecule has 0 spiro atoms. The third-order valence-electron chi connectivity index (χ3n) is 3.74. The van der Waals surface area contributed by atoms with Crippen molar-refractivity contribution in [2.24, 2.45) is 0 Å². The molecule has 1 aliphatic rings. The van der Waals surface area contributed by atoms with Crippen LogP contribution in [0.2, 0.25) is 0 Å². The smallest absolute Gasteiger partial charge is 0.242 e. The van der Waals surface area contributed by atoms with Gasteiger partial charge in [-0.1, -0.05) is 12.1 Å². The van der Waals surface area contributed by atoms with Crippen molar-refractivity contribution in [3.05, 3.63) is 29.8 Å². The average Bonchev–Trinajstić information content (AvgIpc) is 2.98. The number of rotatable bonds is 7. The van der Waals surface area contributed by atoms with Crippen LogP contribution < -0.4 is 0 Å². The maximum Gasteiger partial charge on any atom is 0.242 e. The number of ether oxygens (including phenoxy) is 1. The first-order chi connectivity index (χ1) is 10.0. The second kappa shape index (κ2) is 7.35. The Bertz CT molecular complexity index is 535. The van der Waals surface area contributed by atoms with Crippen molar-refractivity contribution in [1.29, 1.82) is 0 Å². The minimum atomic E-state index is -3.46. The number of sulfonamides is 1. The van der Waals surface area contributed by atoms with E-state index in [2.05, 4.69) is 0 Å². The van der Waals surface area contributed by atoms with E-state index in [0.717, 1.165) is 31.4 Å². The monoisotopic (exact) mass is 313 g/mol. The highest BCUT2D eigenvalue weighted by molar-refractivity contribution is 7.89. The van der Waals surface area contributed by atoms with Crippen LogP contribution in [-0.2, 0) is 21.2 Å². The molecule has 1 N–H and O–H groups in total. The highest BCUT2D eigenvalue weighted by Gasteiger charge is 2.25. The van der Waals surface area contributed by atoms with E-state index in [1.54, 1.807) is 19.2 Å². The fourth-order valence-corrected chi connectivity index (χ4v) is 3.67. The maximum atomic E-state index is 12.5. The molecule has 0 aliphatic carbocycles. The molecule has 1 saturated heterocycles. The summed E-state index contributed by atoms with van der Waals surface area (Å²) in [7, 11) is -1.87. The Balaban J connectivity index is 2.03. The van der Waals surface area contributed by atoms with E-state index >= 15 is 0 Å². The van der Waals surface area contributed by atoms with Gasteiger partial charge in [-0.05, 0) is 43.4 Å². The van der Waals surface area contributed by atoms with Crippen molar-refractivity contribution in [2.75, 3.05) is 26.8 Å². The second-order valence-electron chi connectivity index (χ2n) is 5.39. The molecule has 1 heterocycles. The van der Waals surface area contributed by atoms with Crippen LogP contribution in [0.5, 0.6) is 0 Å². The summed E-state index contributed by atoms with van der Waals surface area (Å²) in [5, 5.41) is 8.81. The summed E-state index contributed by atoms with van der Waals surface area (Å²) < 4.78 is 31.8. The van der Waals surface area contributed by atoms with Gasteiger partial charge in [-0.25, -0.2) is 8.42 Å². The van der Waals surface area contributed by atoms with Crippen molar-refractivity contribution in [3.63, 3.8) is 0 Å². The molecule has 118 valence electrons. The van der Waals surface area contributed by atoms with Gasteiger partial charge in [-0.2, -0.15) is 4.31 Å². The average molecular weight is 313 g/mol. The molecule has 0 aromatic heterocycles. The van der Waals surface area contributed by atoms with Crippen LogP contribution in [0.1, 0.15) is 24.8 Å². The number of benzene rings is 1. The number of aryl methyl sites for hydroxylation is 1. The lowest BCUT2D eigenvalue weighted by molar-refractivity contribution is 0.0979. The van der Waals surface area contributed by atoms with Crippen molar-refractivity contribution in [3.8, 4) is 0 Å². The molecule has 1 aromatic rings. The molecule has 0 amide bonds. The van der Waals surface area contributed by atoms with Gasteiger partial charge in [-0.3, -0.25) is 0 Å². The first kappa shape index (κ1) is 16.4. The minimum absolute atomic E-state index is 0.00797. The molecule has 5 nitrogen and oxygen atoms in total. The van der Waals surface area contributed by atoms with E-state index in [1.165, 1.54) is 4.31 Å². The zero-order valence-corrected chi connectivity index (χ0v) is 13.2. The van der Waals surface area contributed by atoms with Crippen LogP contribution in [0.3, 0.4) is 0 Å². The third kappa shape index (κ3) is 4.26. The van der Waals surface area contributed by atoms with Crippen LogP contribution in [-0.4, -0.2) is 50.7 Å². The van der Waals surface area contributed by atoms with Crippen LogP contribution >= 0.6 is 0 Å². The van der Waals surface area contributed by atoms with E-state index < -0.39 is 10.0 Å². The minimum Gasteiger partial charge on any atom is -0.396 e. The summed E-state index contributed by atoms with van der Waals surface area (Å²) in [4.78, 5) is 0.302. The SMILES string of the molecule is CN(CC1CCCO1)S(=O)(=O)c1ccc(CCCO)cc1. The summed E-state index contributed by atoms with van der Waals surface area (Å²) >= 11 is 0. The summed E-state index contributed by atoms with van der Waals surface area (Å²) in [6, 6.07) is 6.88. The third-order valence-corrected chi connectivity index (χ3v) is 5.58. The summed E-state index contributed by atoms with van der Waals surface area (Å²) in [5.41, 5.74) is 1.03. The van der Waals surface area contributed by atoms with Gasteiger partial charge in [0.25, 0.3) is 0 Å². The van der Waals surface area contributed by atoms with Crippen LogP contribution in [0.15, 0.2) is 29.2 Å². The highest BCUT2D eigenvalue weighted by atomic mass is 32.2.